The molecule has 0 saturated carbocycles. The average molecular weight is 409 g/mol. The van der Waals surface area contributed by atoms with Gasteiger partial charge in [-0.2, -0.15) is 0 Å². The number of nitrogens with zero attached hydrogens (tertiary/aromatic N) is 1. The maximum atomic E-state index is 11.9. The highest BCUT2D eigenvalue weighted by Crippen LogP contribution is 2.46. The molecular weight excluding hydrogens is 382 g/mol. The number of rotatable bonds is 5. The molecule has 6 nitrogen and oxygen atoms in total. The van der Waals surface area contributed by atoms with Crippen LogP contribution in [0.15, 0.2) is 72.8 Å². The molecule has 30 heavy (non-hydrogen) atoms. The van der Waals surface area contributed by atoms with Crippen LogP contribution in [0.25, 0.3) is 0 Å². The van der Waals surface area contributed by atoms with Crippen LogP contribution in [0.5, 0.6) is 0 Å². The standard InChI is InChI=1S/C20H23NO.C4H4O4/c22-20(17-7-3-1-4-8-17,18-9-5-2-6-10-18)19-15-21-13-11-16(19)12-14-21;5-3(6)1-2-4(7)8/h1-10,16,19,22H,11-15H2;1-2H,(H,5,6)(H,7,8)/b;2-1-. The van der Waals surface area contributed by atoms with Crippen LogP contribution in [-0.2, 0) is 15.2 Å². The van der Waals surface area contributed by atoms with E-state index >= 15 is 0 Å². The lowest BCUT2D eigenvalue weighted by Crippen LogP contribution is -2.55. The van der Waals surface area contributed by atoms with E-state index in [0.717, 1.165) is 17.7 Å². The van der Waals surface area contributed by atoms with Crippen LogP contribution in [-0.4, -0.2) is 51.8 Å². The van der Waals surface area contributed by atoms with E-state index in [-0.39, 0.29) is 5.92 Å². The second kappa shape index (κ2) is 9.69. The summed E-state index contributed by atoms with van der Waals surface area (Å²) in [4.78, 5) is 21.6. The van der Waals surface area contributed by atoms with Gasteiger partial charge in [-0.25, -0.2) is 9.59 Å². The number of benzene rings is 2. The van der Waals surface area contributed by atoms with Gasteiger partial charge in [0.1, 0.15) is 5.60 Å². The Balaban J connectivity index is 0.000000275. The number of carboxylic acid groups (broad SMARTS) is 2. The zero-order valence-corrected chi connectivity index (χ0v) is 16.7. The highest BCUT2D eigenvalue weighted by atomic mass is 16.4. The summed E-state index contributed by atoms with van der Waals surface area (Å²) in [6.07, 6.45) is 3.55. The Morgan fingerprint density at radius 3 is 1.60 bits per heavy atom. The van der Waals surface area contributed by atoms with Crippen molar-refractivity contribution < 1.29 is 24.9 Å². The zero-order chi connectivity index (χ0) is 21.6. The van der Waals surface area contributed by atoms with Gasteiger partial charge < -0.3 is 20.2 Å². The monoisotopic (exact) mass is 409 g/mol. The average Bonchev–Trinajstić information content (AvgIpc) is 2.79. The molecule has 6 heteroatoms. The fourth-order valence-corrected chi connectivity index (χ4v) is 4.56. The molecule has 3 aliphatic heterocycles. The van der Waals surface area contributed by atoms with Crippen molar-refractivity contribution in [2.24, 2.45) is 11.8 Å². The van der Waals surface area contributed by atoms with Gasteiger partial charge in [-0.1, -0.05) is 60.7 Å². The van der Waals surface area contributed by atoms with E-state index < -0.39 is 17.5 Å². The van der Waals surface area contributed by atoms with E-state index in [1.54, 1.807) is 0 Å². The topological polar surface area (TPSA) is 98.1 Å². The Hall–Kier alpha value is -2.96. The quantitative estimate of drug-likeness (QED) is 0.657. The van der Waals surface area contributed by atoms with Crippen LogP contribution in [0.3, 0.4) is 0 Å². The Morgan fingerprint density at radius 2 is 1.27 bits per heavy atom. The van der Waals surface area contributed by atoms with E-state index in [4.69, 9.17) is 10.2 Å². The van der Waals surface area contributed by atoms with Gasteiger partial charge in [-0.15, -0.1) is 0 Å². The summed E-state index contributed by atoms with van der Waals surface area (Å²) in [5.74, 6) is -1.62. The molecule has 3 saturated heterocycles. The molecule has 0 radical (unpaired) electrons. The fraction of sp³-hybridized carbons (Fsp3) is 0.333. The Bertz CT molecular complexity index is 817. The summed E-state index contributed by atoms with van der Waals surface area (Å²) >= 11 is 0. The van der Waals surface area contributed by atoms with Crippen molar-refractivity contribution in [3.05, 3.63) is 83.9 Å². The molecule has 158 valence electrons. The van der Waals surface area contributed by atoms with E-state index in [0.29, 0.717) is 18.1 Å². The van der Waals surface area contributed by atoms with Gasteiger partial charge in [0.15, 0.2) is 0 Å². The molecule has 0 amide bonds. The van der Waals surface area contributed by atoms with Crippen molar-refractivity contribution in [2.45, 2.75) is 18.4 Å². The maximum absolute atomic E-state index is 11.9. The minimum absolute atomic E-state index is 0.278. The van der Waals surface area contributed by atoms with Crippen molar-refractivity contribution >= 4 is 11.9 Å². The number of carboxylic acids is 2. The molecule has 3 N–H and O–H groups in total. The molecule has 2 aromatic rings. The van der Waals surface area contributed by atoms with Crippen molar-refractivity contribution in [1.82, 2.24) is 4.90 Å². The Morgan fingerprint density at radius 1 is 0.833 bits per heavy atom. The molecule has 1 atom stereocenters. The van der Waals surface area contributed by atoms with E-state index in [1.807, 2.05) is 36.4 Å². The lowest BCUT2D eigenvalue weighted by Gasteiger charge is -2.51. The molecular formula is C24H27NO5. The molecule has 1 unspecified atom stereocenters. The number of carbonyl (C=O) groups is 2. The third kappa shape index (κ3) is 4.96. The summed E-state index contributed by atoms with van der Waals surface area (Å²) in [5.41, 5.74) is 1.17. The van der Waals surface area contributed by atoms with Crippen molar-refractivity contribution in [3.63, 3.8) is 0 Å². The van der Waals surface area contributed by atoms with E-state index in [1.165, 1.54) is 25.9 Å². The number of fused-ring (bicyclic) bond motifs is 3. The van der Waals surface area contributed by atoms with Gasteiger partial charge in [-0.05, 0) is 43.0 Å². The third-order valence-corrected chi connectivity index (χ3v) is 5.99. The number of aliphatic hydroxyl groups is 1. The van der Waals surface area contributed by atoms with Gasteiger partial charge in [-0.3, -0.25) is 0 Å². The second-order valence-electron chi connectivity index (χ2n) is 7.75. The summed E-state index contributed by atoms with van der Waals surface area (Å²) in [7, 11) is 0. The van der Waals surface area contributed by atoms with Gasteiger partial charge in [0.05, 0.1) is 0 Å². The van der Waals surface area contributed by atoms with Gasteiger partial charge in [0.25, 0.3) is 0 Å². The van der Waals surface area contributed by atoms with Gasteiger partial charge >= 0.3 is 11.9 Å². The summed E-state index contributed by atoms with van der Waals surface area (Å²) < 4.78 is 0. The molecule has 0 aromatic heterocycles. The lowest BCUT2D eigenvalue weighted by atomic mass is 9.65. The SMILES string of the molecule is O=C(O)/C=C\C(=O)O.OC(c1ccccc1)(c1ccccc1)C1CN2CCC1CC2. The first-order valence-corrected chi connectivity index (χ1v) is 10.1. The minimum atomic E-state index is -1.26. The van der Waals surface area contributed by atoms with Crippen molar-refractivity contribution in [1.29, 1.82) is 0 Å². The zero-order valence-electron chi connectivity index (χ0n) is 16.7. The van der Waals surface area contributed by atoms with Crippen molar-refractivity contribution in [3.8, 4) is 0 Å². The Kier molecular flexibility index (Phi) is 7.03. The Labute approximate surface area is 176 Å². The molecule has 3 fully saturated rings. The van der Waals surface area contributed by atoms with Crippen LogP contribution in [0.2, 0.25) is 0 Å². The summed E-state index contributed by atoms with van der Waals surface area (Å²) in [5, 5.41) is 27.5. The molecule has 5 rings (SSSR count). The smallest absolute Gasteiger partial charge is 0.328 e. The van der Waals surface area contributed by atoms with Crippen LogP contribution in [0, 0.1) is 11.8 Å². The minimum Gasteiger partial charge on any atom is -0.478 e. The molecule has 2 bridgehead atoms. The number of piperidine rings is 3. The third-order valence-electron chi connectivity index (χ3n) is 5.99. The maximum Gasteiger partial charge on any atom is 0.328 e. The predicted octanol–water partition coefficient (Wildman–Crippen LogP) is 2.98. The lowest BCUT2D eigenvalue weighted by molar-refractivity contribution is -0.134. The van der Waals surface area contributed by atoms with E-state index in [9.17, 15) is 14.7 Å². The number of hydrogen-bond acceptors (Lipinski definition) is 4. The molecule has 0 spiro atoms. The normalized spacial score (nSPS) is 22.9. The first kappa shape index (κ1) is 21.7. The van der Waals surface area contributed by atoms with Crippen LogP contribution >= 0.6 is 0 Å². The predicted molar refractivity (Wildman–Crippen MR) is 113 cm³/mol. The van der Waals surface area contributed by atoms with Crippen LogP contribution in [0.1, 0.15) is 24.0 Å². The van der Waals surface area contributed by atoms with Gasteiger partial charge in [0, 0.05) is 24.6 Å². The fourth-order valence-electron chi connectivity index (χ4n) is 4.56. The molecule has 3 heterocycles. The van der Waals surface area contributed by atoms with Gasteiger partial charge in [0.2, 0.25) is 0 Å². The number of aliphatic carboxylic acids is 2. The summed E-state index contributed by atoms with van der Waals surface area (Å²) in [6, 6.07) is 20.5. The molecule has 3 aliphatic rings. The molecule has 0 aliphatic carbocycles. The highest BCUT2D eigenvalue weighted by molar-refractivity contribution is 5.89. The molecule has 2 aromatic carbocycles. The first-order chi connectivity index (χ1) is 14.4. The van der Waals surface area contributed by atoms with Crippen LogP contribution < -0.4 is 0 Å². The second-order valence-corrected chi connectivity index (χ2v) is 7.75. The largest absolute Gasteiger partial charge is 0.478 e. The number of hydrogen-bond donors (Lipinski definition) is 3. The highest BCUT2D eigenvalue weighted by Gasteiger charge is 2.48. The summed E-state index contributed by atoms with van der Waals surface area (Å²) in [6.45, 7) is 3.40. The first-order valence-electron chi connectivity index (χ1n) is 10.1. The van der Waals surface area contributed by atoms with Crippen LogP contribution in [0.4, 0.5) is 0 Å². The van der Waals surface area contributed by atoms with Crippen molar-refractivity contribution in [2.75, 3.05) is 19.6 Å². The van der Waals surface area contributed by atoms with E-state index in [2.05, 4.69) is 29.2 Å².